The summed E-state index contributed by atoms with van der Waals surface area (Å²) < 4.78 is 4.43. The zero-order valence-corrected chi connectivity index (χ0v) is 11.4. The summed E-state index contributed by atoms with van der Waals surface area (Å²) in [5.41, 5.74) is 1.30. The van der Waals surface area contributed by atoms with Gasteiger partial charge in [-0.1, -0.05) is 13.8 Å². The Kier molecular flexibility index (Phi) is 4.20. The number of hydrogen-bond acceptors (Lipinski definition) is 2. The Labute approximate surface area is 109 Å². The molecule has 0 saturated carbocycles. The van der Waals surface area contributed by atoms with Crippen molar-refractivity contribution in [1.82, 2.24) is 19.4 Å². The van der Waals surface area contributed by atoms with Crippen LogP contribution < -0.4 is 5.32 Å². The summed E-state index contributed by atoms with van der Waals surface area (Å²) in [6.07, 6.45) is 6.02. The first-order valence-corrected chi connectivity index (χ1v) is 6.58. The van der Waals surface area contributed by atoms with Crippen molar-refractivity contribution in [2.45, 2.75) is 46.4 Å². The maximum absolute atomic E-state index is 4.42. The molecule has 4 nitrogen and oxygen atoms in total. The number of rotatable bonds is 6. The predicted molar refractivity (Wildman–Crippen MR) is 73.4 cm³/mol. The molecule has 0 saturated heterocycles. The van der Waals surface area contributed by atoms with E-state index in [9.17, 15) is 0 Å². The van der Waals surface area contributed by atoms with Crippen molar-refractivity contribution >= 4 is 0 Å². The highest BCUT2D eigenvalue weighted by Crippen LogP contribution is 2.07. The SMILES string of the molecule is CCn1ccnc1Cn1cccc1CNC(C)C. The molecule has 4 heteroatoms. The average Bonchev–Trinajstić information content (AvgIpc) is 2.96. The van der Waals surface area contributed by atoms with E-state index in [0.29, 0.717) is 6.04 Å². The lowest BCUT2D eigenvalue weighted by Crippen LogP contribution is -2.23. The third-order valence-corrected chi connectivity index (χ3v) is 3.07. The van der Waals surface area contributed by atoms with Crippen LogP contribution in [0, 0.1) is 0 Å². The smallest absolute Gasteiger partial charge is 0.128 e. The molecule has 18 heavy (non-hydrogen) atoms. The normalized spacial score (nSPS) is 11.3. The molecular formula is C14H22N4. The van der Waals surface area contributed by atoms with E-state index in [1.165, 1.54) is 5.69 Å². The minimum atomic E-state index is 0.506. The van der Waals surface area contributed by atoms with Crippen LogP contribution in [0.4, 0.5) is 0 Å². The first kappa shape index (κ1) is 12.9. The van der Waals surface area contributed by atoms with E-state index in [2.05, 4.69) is 58.5 Å². The minimum absolute atomic E-state index is 0.506. The van der Waals surface area contributed by atoms with Gasteiger partial charge in [-0.15, -0.1) is 0 Å². The maximum Gasteiger partial charge on any atom is 0.128 e. The largest absolute Gasteiger partial charge is 0.343 e. The summed E-state index contributed by atoms with van der Waals surface area (Å²) in [7, 11) is 0. The second-order valence-corrected chi connectivity index (χ2v) is 4.79. The Balaban J connectivity index is 2.07. The van der Waals surface area contributed by atoms with Crippen molar-refractivity contribution in [3.63, 3.8) is 0 Å². The molecule has 0 radical (unpaired) electrons. The summed E-state index contributed by atoms with van der Waals surface area (Å²) in [6.45, 7) is 9.17. The van der Waals surface area contributed by atoms with Gasteiger partial charge in [0.1, 0.15) is 5.82 Å². The molecule has 2 aromatic rings. The van der Waals surface area contributed by atoms with Crippen LogP contribution in [0.3, 0.4) is 0 Å². The summed E-state index contributed by atoms with van der Waals surface area (Å²) in [4.78, 5) is 4.42. The molecule has 2 rings (SSSR count). The summed E-state index contributed by atoms with van der Waals surface area (Å²) >= 11 is 0. The van der Waals surface area contributed by atoms with Gasteiger partial charge in [0.2, 0.25) is 0 Å². The molecule has 0 aliphatic heterocycles. The van der Waals surface area contributed by atoms with Gasteiger partial charge in [0.15, 0.2) is 0 Å². The number of nitrogens with zero attached hydrogens (tertiary/aromatic N) is 3. The van der Waals surface area contributed by atoms with E-state index in [-0.39, 0.29) is 0 Å². The molecule has 98 valence electrons. The van der Waals surface area contributed by atoms with Crippen molar-refractivity contribution in [2.24, 2.45) is 0 Å². The highest BCUT2D eigenvalue weighted by molar-refractivity contribution is 5.09. The molecule has 0 unspecified atom stereocenters. The van der Waals surface area contributed by atoms with Gasteiger partial charge in [0, 0.05) is 43.4 Å². The lowest BCUT2D eigenvalue weighted by Gasteiger charge is -2.12. The third kappa shape index (κ3) is 3.01. The van der Waals surface area contributed by atoms with Crippen LogP contribution in [0.15, 0.2) is 30.7 Å². The van der Waals surface area contributed by atoms with E-state index in [1.807, 2.05) is 12.4 Å². The lowest BCUT2D eigenvalue weighted by molar-refractivity contribution is 0.556. The van der Waals surface area contributed by atoms with Crippen molar-refractivity contribution < 1.29 is 0 Å². The highest BCUT2D eigenvalue weighted by Gasteiger charge is 2.06. The molecule has 0 amide bonds. The van der Waals surface area contributed by atoms with Gasteiger partial charge in [0.25, 0.3) is 0 Å². The predicted octanol–water partition coefficient (Wildman–Crippen LogP) is 2.25. The average molecular weight is 246 g/mol. The fourth-order valence-electron chi connectivity index (χ4n) is 2.00. The van der Waals surface area contributed by atoms with Crippen LogP contribution in [-0.4, -0.2) is 20.2 Å². The van der Waals surface area contributed by atoms with Crippen LogP contribution >= 0.6 is 0 Å². The quantitative estimate of drug-likeness (QED) is 0.848. The summed E-state index contributed by atoms with van der Waals surface area (Å²) in [5.74, 6) is 1.11. The van der Waals surface area contributed by atoms with E-state index >= 15 is 0 Å². The second-order valence-electron chi connectivity index (χ2n) is 4.79. The summed E-state index contributed by atoms with van der Waals surface area (Å²) in [6, 6.07) is 4.76. The minimum Gasteiger partial charge on any atom is -0.343 e. The van der Waals surface area contributed by atoms with Gasteiger partial charge in [-0.2, -0.15) is 0 Å². The van der Waals surface area contributed by atoms with Gasteiger partial charge in [-0.3, -0.25) is 0 Å². The Morgan fingerprint density at radius 3 is 2.83 bits per heavy atom. The second kappa shape index (κ2) is 5.87. The Bertz CT molecular complexity index is 481. The van der Waals surface area contributed by atoms with Gasteiger partial charge in [0.05, 0.1) is 6.54 Å². The molecule has 0 fully saturated rings. The number of hydrogen-bond donors (Lipinski definition) is 1. The zero-order chi connectivity index (χ0) is 13.0. The lowest BCUT2D eigenvalue weighted by atomic mass is 10.3. The van der Waals surface area contributed by atoms with Crippen LogP contribution in [0.2, 0.25) is 0 Å². The van der Waals surface area contributed by atoms with Crippen molar-refractivity contribution in [3.05, 3.63) is 42.2 Å². The Hall–Kier alpha value is -1.55. The van der Waals surface area contributed by atoms with E-state index in [1.54, 1.807) is 0 Å². The number of nitrogens with one attached hydrogen (secondary N) is 1. The fourth-order valence-corrected chi connectivity index (χ4v) is 2.00. The molecule has 0 aliphatic carbocycles. The molecule has 1 N–H and O–H groups in total. The Morgan fingerprint density at radius 1 is 1.28 bits per heavy atom. The van der Waals surface area contributed by atoms with Crippen molar-refractivity contribution in [2.75, 3.05) is 0 Å². The first-order valence-electron chi connectivity index (χ1n) is 6.58. The van der Waals surface area contributed by atoms with Crippen LogP contribution in [0.25, 0.3) is 0 Å². The molecule has 0 bridgehead atoms. The van der Waals surface area contributed by atoms with Crippen molar-refractivity contribution in [3.8, 4) is 0 Å². The standard InChI is InChI=1S/C14H22N4/c1-4-17-9-7-15-14(17)11-18-8-5-6-13(18)10-16-12(2)3/h5-9,12,16H,4,10-11H2,1-3H3. The van der Waals surface area contributed by atoms with Crippen molar-refractivity contribution in [1.29, 1.82) is 0 Å². The highest BCUT2D eigenvalue weighted by atomic mass is 15.1. The topological polar surface area (TPSA) is 34.8 Å². The zero-order valence-electron chi connectivity index (χ0n) is 11.4. The van der Waals surface area contributed by atoms with E-state index in [4.69, 9.17) is 0 Å². The van der Waals surface area contributed by atoms with Crippen LogP contribution in [-0.2, 0) is 19.6 Å². The molecule has 0 spiro atoms. The Morgan fingerprint density at radius 2 is 2.11 bits per heavy atom. The van der Waals surface area contributed by atoms with Gasteiger partial charge >= 0.3 is 0 Å². The monoisotopic (exact) mass is 246 g/mol. The molecule has 2 heterocycles. The summed E-state index contributed by atoms with van der Waals surface area (Å²) in [5, 5.41) is 3.45. The molecule has 2 aromatic heterocycles. The fraction of sp³-hybridized carbons (Fsp3) is 0.500. The molecule has 0 atom stereocenters. The number of imidazole rings is 1. The van der Waals surface area contributed by atoms with Crippen LogP contribution in [0.1, 0.15) is 32.3 Å². The van der Waals surface area contributed by atoms with Crippen LogP contribution in [0.5, 0.6) is 0 Å². The van der Waals surface area contributed by atoms with Gasteiger partial charge in [-0.05, 0) is 19.1 Å². The first-order chi connectivity index (χ1) is 8.70. The third-order valence-electron chi connectivity index (χ3n) is 3.07. The maximum atomic E-state index is 4.42. The van der Waals surface area contributed by atoms with Gasteiger partial charge < -0.3 is 14.5 Å². The van der Waals surface area contributed by atoms with Gasteiger partial charge in [-0.25, -0.2) is 4.98 Å². The number of aryl methyl sites for hydroxylation is 1. The molecular weight excluding hydrogens is 224 g/mol. The molecule has 0 aliphatic rings. The molecule has 0 aromatic carbocycles. The van der Waals surface area contributed by atoms with E-state index in [0.717, 1.165) is 25.5 Å². The number of aromatic nitrogens is 3. The van der Waals surface area contributed by atoms with E-state index < -0.39 is 0 Å².